The fourth-order valence-corrected chi connectivity index (χ4v) is 5.19. The molecule has 0 spiro atoms. The first-order chi connectivity index (χ1) is 18.3. The summed E-state index contributed by atoms with van der Waals surface area (Å²) in [7, 11) is 3.36. The number of rotatable bonds is 7. The van der Waals surface area contributed by atoms with Crippen LogP contribution in [0.15, 0.2) is 48.5 Å². The quantitative estimate of drug-likeness (QED) is 0.526. The van der Waals surface area contributed by atoms with Crippen molar-refractivity contribution in [3.8, 4) is 11.5 Å². The van der Waals surface area contributed by atoms with Crippen LogP contribution in [0, 0.1) is 11.8 Å². The fraction of sp³-hybridized carbons (Fsp3) is 0.483. The van der Waals surface area contributed by atoms with Gasteiger partial charge in [-0.25, -0.2) is 9.59 Å². The Morgan fingerprint density at radius 2 is 1.58 bits per heavy atom. The fourth-order valence-electron chi connectivity index (χ4n) is 5.19. The monoisotopic (exact) mass is 526 g/mol. The van der Waals surface area contributed by atoms with Crippen LogP contribution in [0.25, 0.3) is 0 Å². The van der Waals surface area contributed by atoms with Crippen molar-refractivity contribution in [2.45, 2.75) is 38.6 Å². The van der Waals surface area contributed by atoms with Crippen LogP contribution in [0.1, 0.15) is 36.8 Å². The maximum absolute atomic E-state index is 13.3. The van der Waals surface area contributed by atoms with Crippen molar-refractivity contribution in [2.75, 3.05) is 40.4 Å². The standard InChI is InChI=1S/C27H36N2O3.C2H2O4/c1-31-25-11-10-23(26(18-25)32-2)19-28-14-6-9-24(20-28)27(30)29-15-12-22(13-16-29)17-21-7-4-3-5-8-21;3-1(4)2(5)6/h3-5,7-8,10-11,18,22,24H,6,9,12-17,19-20H2,1-2H3;(H,3,4)(H,5,6). The van der Waals surface area contributed by atoms with E-state index in [0.29, 0.717) is 11.8 Å². The summed E-state index contributed by atoms with van der Waals surface area (Å²) in [5.41, 5.74) is 2.55. The van der Waals surface area contributed by atoms with Gasteiger partial charge in [0.15, 0.2) is 0 Å². The number of nitrogens with zero attached hydrogens (tertiary/aromatic N) is 2. The molecule has 4 rings (SSSR count). The average molecular weight is 527 g/mol. The maximum atomic E-state index is 13.3. The van der Waals surface area contributed by atoms with Crippen molar-refractivity contribution in [1.82, 2.24) is 9.80 Å². The molecule has 9 heteroatoms. The summed E-state index contributed by atoms with van der Waals surface area (Å²) in [4.78, 5) is 36.0. The highest BCUT2D eigenvalue weighted by atomic mass is 16.5. The minimum Gasteiger partial charge on any atom is -0.497 e. The molecule has 0 aliphatic carbocycles. The lowest BCUT2D eigenvalue weighted by atomic mass is 9.89. The number of amides is 1. The molecule has 2 heterocycles. The molecular weight excluding hydrogens is 488 g/mol. The highest BCUT2D eigenvalue weighted by molar-refractivity contribution is 6.27. The molecule has 206 valence electrons. The Hall–Kier alpha value is -3.59. The van der Waals surface area contributed by atoms with Gasteiger partial charge in [-0.1, -0.05) is 36.4 Å². The van der Waals surface area contributed by atoms with Gasteiger partial charge in [-0.2, -0.15) is 0 Å². The first-order valence-corrected chi connectivity index (χ1v) is 13.0. The summed E-state index contributed by atoms with van der Waals surface area (Å²) in [5.74, 6) is -0.851. The van der Waals surface area contributed by atoms with Crippen molar-refractivity contribution < 1.29 is 34.1 Å². The Morgan fingerprint density at radius 1 is 0.895 bits per heavy atom. The van der Waals surface area contributed by atoms with Gasteiger partial charge in [0.2, 0.25) is 5.91 Å². The van der Waals surface area contributed by atoms with E-state index in [1.165, 1.54) is 5.56 Å². The Morgan fingerprint density at radius 3 is 2.18 bits per heavy atom. The van der Waals surface area contributed by atoms with Gasteiger partial charge in [0.05, 0.1) is 20.1 Å². The van der Waals surface area contributed by atoms with Crippen LogP contribution < -0.4 is 9.47 Å². The lowest BCUT2D eigenvalue weighted by Gasteiger charge is -2.38. The van der Waals surface area contributed by atoms with Crippen LogP contribution in [0.4, 0.5) is 0 Å². The molecule has 1 atom stereocenters. The van der Waals surface area contributed by atoms with Crippen LogP contribution >= 0.6 is 0 Å². The topological polar surface area (TPSA) is 117 Å². The second-order valence-corrected chi connectivity index (χ2v) is 9.82. The Kier molecular flexibility index (Phi) is 11.0. The van der Waals surface area contributed by atoms with E-state index in [-0.39, 0.29) is 5.92 Å². The van der Waals surface area contributed by atoms with Crippen LogP contribution in [-0.2, 0) is 27.3 Å². The largest absolute Gasteiger partial charge is 0.497 e. The molecule has 2 aromatic rings. The zero-order chi connectivity index (χ0) is 27.5. The first kappa shape index (κ1) is 29.0. The van der Waals surface area contributed by atoms with Crippen LogP contribution in [0.5, 0.6) is 11.5 Å². The third kappa shape index (κ3) is 8.48. The number of carboxylic acids is 2. The Bertz CT molecular complexity index is 1060. The summed E-state index contributed by atoms with van der Waals surface area (Å²) in [6.45, 7) is 4.46. The molecule has 0 radical (unpaired) electrons. The molecule has 2 aliphatic heterocycles. The lowest BCUT2D eigenvalue weighted by Crippen LogP contribution is -2.47. The molecule has 2 aromatic carbocycles. The number of benzene rings is 2. The van der Waals surface area contributed by atoms with Gasteiger partial charge in [0.25, 0.3) is 0 Å². The number of carbonyl (C=O) groups is 3. The zero-order valence-corrected chi connectivity index (χ0v) is 22.2. The van der Waals surface area contributed by atoms with Gasteiger partial charge in [0.1, 0.15) is 11.5 Å². The van der Waals surface area contributed by atoms with Crippen molar-refractivity contribution >= 4 is 17.8 Å². The number of likely N-dealkylation sites (tertiary alicyclic amines) is 2. The Labute approximate surface area is 224 Å². The molecule has 0 aromatic heterocycles. The van der Waals surface area contributed by atoms with E-state index in [2.05, 4.69) is 46.2 Å². The molecule has 2 N–H and O–H groups in total. The molecule has 9 nitrogen and oxygen atoms in total. The SMILES string of the molecule is COc1ccc(CN2CCCC(C(=O)N3CCC(Cc4ccccc4)CC3)C2)c(OC)c1.O=C(O)C(=O)O. The molecule has 1 unspecified atom stereocenters. The van der Waals surface area contributed by atoms with E-state index < -0.39 is 11.9 Å². The van der Waals surface area contributed by atoms with Crippen LogP contribution in [0.2, 0.25) is 0 Å². The number of piperidine rings is 2. The smallest absolute Gasteiger partial charge is 0.414 e. The van der Waals surface area contributed by atoms with Gasteiger partial charge in [0, 0.05) is 37.8 Å². The van der Waals surface area contributed by atoms with Gasteiger partial charge in [-0.15, -0.1) is 0 Å². The van der Waals surface area contributed by atoms with E-state index in [9.17, 15) is 4.79 Å². The average Bonchev–Trinajstić information content (AvgIpc) is 2.94. The van der Waals surface area contributed by atoms with E-state index in [1.807, 2.05) is 12.1 Å². The molecule has 2 aliphatic rings. The number of hydrogen-bond donors (Lipinski definition) is 2. The second kappa shape index (κ2) is 14.4. The van der Waals surface area contributed by atoms with E-state index in [0.717, 1.165) is 81.9 Å². The molecule has 2 fully saturated rings. The molecule has 2 saturated heterocycles. The minimum atomic E-state index is -1.82. The molecule has 1 amide bonds. The van der Waals surface area contributed by atoms with E-state index in [4.69, 9.17) is 29.3 Å². The highest BCUT2D eigenvalue weighted by Gasteiger charge is 2.31. The second-order valence-electron chi connectivity index (χ2n) is 9.82. The third-order valence-electron chi connectivity index (χ3n) is 7.22. The van der Waals surface area contributed by atoms with Crippen molar-refractivity contribution in [3.05, 3.63) is 59.7 Å². The summed E-state index contributed by atoms with van der Waals surface area (Å²) in [5, 5.41) is 14.8. The van der Waals surface area contributed by atoms with E-state index >= 15 is 0 Å². The summed E-state index contributed by atoms with van der Waals surface area (Å²) in [6, 6.07) is 16.7. The molecule has 38 heavy (non-hydrogen) atoms. The third-order valence-corrected chi connectivity index (χ3v) is 7.22. The molecule has 0 bridgehead atoms. The number of ether oxygens (including phenoxy) is 2. The van der Waals surface area contributed by atoms with Crippen molar-refractivity contribution in [3.63, 3.8) is 0 Å². The summed E-state index contributed by atoms with van der Waals surface area (Å²) < 4.78 is 10.9. The predicted molar refractivity (Wildman–Crippen MR) is 142 cm³/mol. The van der Waals surface area contributed by atoms with Crippen molar-refractivity contribution in [2.24, 2.45) is 11.8 Å². The normalized spacial score (nSPS) is 18.2. The van der Waals surface area contributed by atoms with Gasteiger partial charge < -0.3 is 24.6 Å². The number of aliphatic carboxylic acids is 2. The molecular formula is C29H38N2O7. The van der Waals surface area contributed by atoms with Crippen molar-refractivity contribution in [1.29, 1.82) is 0 Å². The predicted octanol–water partition coefficient (Wildman–Crippen LogP) is 3.55. The highest BCUT2D eigenvalue weighted by Crippen LogP contribution is 2.29. The number of hydrogen-bond acceptors (Lipinski definition) is 6. The maximum Gasteiger partial charge on any atom is 0.414 e. The number of carboxylic acid groups (broad SMARTS) is 2. The Balaban J connectivity index is 0.000000599. The number of carbonyl (C=O) groups excluding carboxylic acids is 1. The zero-order valence-electron chi connectivity index (χ0n) is 22.2. The molecule has 0 saturated carbocycles. The van der Waals surface area contributed by atoms with Crippen LogP contribution in [-0.4, -0.2) is 78.3 Å². The summed E-state index contributed by atoms with van der Waals surface area (Å²) in [6.07, 6.45) is 5.42. The van der Waals surface area contributed by atoms with Gasteiger partial charge in [-0.3, -0.25) is 9.69 Å². The van der Waals surface area contributed by atoms with E-state index in [1.54, 1.807) is 14.2 Å². The van der Waals surface area contributed by atoms with Gasteiger partial charge >= 0.3 is 11.9 Å². The minimum absolute atomic E-state index is 0.110. The van der Waals surface area contributed by atoms with Crippen LogP contribution in [0.3, 0.4) is 0 Å². The summed E-state index contributed by atoms with van der Waals surface area (Å²) >= 11 is 0. The first-order valence-electron chi connectivity index (χ1n) is 13.0. The lowest BCUT2D eigenvalue weighted by molar-refractivity contribution is -0.159. The van der Waals surface area contributed by atoms with Gasteiger partial charge in [-0.05, 0) is 56.2 Å². The number of methoxy groups -OCH3 is 2.